The SMILES string of the molecule is CC(O)(CC(=O)NC1(c2cc(OCC(F)(F)F)cc(Cl)n2)CC1)c1ccc(F)cc1F. The first-order chi connectivity index (χ1) is 14.3. The highest BCUT2D eigenvalue weighted by molar-refractivity contribution is 6.29. The first kappa shape index (κ1) is 23.2. The molecule has 1 atom stereocenters. The van der Waals surface area contributed by atoms with Gasteiger partial charge in [0.1, 0.15) is 22.5 Å². The van der Waals surface area contributed by atoms with Gasteiger partial charge >= 0.3 is 6.18 Å². The first-order valence-electron chi connectivity index (χ1n) is 9.16. The molecule has 1 heterocycles. The van der Waals surface area contributed by atoms with Crippen molar-refractivity contribution < 1.29 is 36.6 Å². The quantitative estimate of drug-likeness (QED) is 0.472. The summed E-state index contributed by atoms with van der Waals surface area (Å²) < 4.78 is 69.0. The van der Waals surface area contributed by atoms with E-state index < -0.39 is 47.9 Å². The van der Waals surface area contributed by atoms with Crippen molar-refractivity contribution >= 4 is 17.5 Å². The van der Waals surface area contributed by atoms with E-state index in [-0.39, 0.29) is 22.2 Å². The number of aromatic nitrogens is 1. The number of pyridine rings is 1. The van der Waals surface area contributed by atoms with E-state index in [0.717, 1.165) is 18.2 Å². The summed E-state index contributed by atoms with van der Waals surface area (Å²) in [7, 11) is 0. The van der Waals surface area contributed by atoms with Crippen molar-refractivity contribution in [2.75, 3.05) is 6.61 Å². The number of amides is 1. The molecule has 1 aromatic heterocycles. The largest absolute Gasteiger partial charge is 0.484 e. The first-order valence-corrected chi connectivity index (χ1v) is 9.54. The van der Waals surface area contributed by atoms with Gasteiger partial charge in [-0.2, -0.15) is 13.2 Å². The van der Waals surface area contributed by atoms with Gasteiger partial charge in [0, 0.05) is 23.8 Å². The molecule has 2 aromatic rings. The third kappa shape index (κ3) is 5.82. The molecule has 0 saturated heterocycles. The number of carbonyl (C=O) groups is 1. The van der Waals surface area contributed by atoms with Crippen molar-refractivity contribution in [1.82, 2.24) is 10.3 Å². The van der Waals surface area contributed by atoms with Gasteiger partial charge in [-0.05, 0) is 25.8 Å². The number of alkyl halides is 3. The normalized spacial score (nSPS) is 17.0. The molecule has 1 aliphatic carbocycles. The van der Waals surface area contributed by atoms with Crippen LogP contribution in [0.25, 0.3) is 0 Å². The number of ether oxygens (including phenoxy) is 1. The lowest BCUT2D eigenvalue weighted by Gasteiger charge is -2.26. The van der Waals surface area contributed by atoms with E-state index in [4.69, 9.17) is 16.3 Å². The minimum absolute atomic E-state index is 0.115. The number of hydrogen-bond acceptors (Lipinski definition) is 4. The van der Waals surface area contributed by atoms with E-state index in [9.17, 15) is 31.9 Å². The van der Waals surface area contributed by atoms with Crippen LogP contribution in [0.5, 0.6) is 5.75 Å². The Kier molecular flexibility index (Phi) is 6.16. The van der Waals surface area contributed by atoms with Crippen LogP contribution in [0.15, 0.2) is 30.3 Å². The van der Waals surface area contributed by atoms with E-state index in [1.807, 2.05) is 0 Å². The average Bonchev–Trinajstić information content (AvgIpc) is 3.38. The molecule has 5 nitrogen and oxygen atoms in total. The van der Waals surface area contributed by atoms with Crippen molar-refractivity contribution in [1.29, 1.82) is 0 Å². The van der Waals surface area contributed by atoms with Crippen molar-refractivity contribution in [3.05, 3.63) is 58.4 Å². The maximum Gasteiger partial charge on any atom is 0.422 e. The van der Waals surface area contributed by atoms with Crippen LogP contribution < -0.4 is 10.1 Å². The Hall–Kier alpha value is -2.46. The summed E-state index contributed by atoms with van der Waals surface area (Å²) in [5.41, 5.74) is -2.97. The molecule has 31 heavy (non-hydrogen) atoms. The molecule has 3 rings (SSSR count). The van der Waals surface area contributed by atoms with Crippen LogP contribution in [0.3, 0.4) is 0 Å². The maximum atomic E-state index is 14.0. The summed E-state index contributed by atoms with van der Waals surface area (Å²) in [5, 5.41) is 13.1. The van der Waals surface area contributed by atoms with Crippen LogP contribution in [-0.4, -0.2) is 28.8 Å². The van der Waals surface area contributed by atoms with Gasteiger partial charge < -0.3 is 15.2 Å². The number of hydrogen-bond donors (Lipinski definition) is 2. The van der Waals surface area contributed by atoms with Gasteiger partial charge in [0.15, 0.2) is 6.61 Å². The van der Waals surface area contributed by atoms with Crippen molar-refractivity contribution in [3.63, 3.8) is 0 Å². The Balaban J connectivity index is 1.73. The fourth-order valence-electron chi connectivity index (χ4n) is 3.18. The van der Waals surface area contributed by atoms with Crippen LogP contribution in [0, 0.1) is 11.6 Å². The smallest absolute Gasteiger partial charge is 0.422 e. The molecule has 1 saturated carbocycles. The molecule has 1 fully saturated rings. The summed E-state index contributed by atoms with van der Waals surface area (Å²) in [5.74, 6) is -2.64. The monoisotopic (exact) mass is 464 g/mol. The molecule has 11 heteroatoms. The Morgan fingerprint density at radius 3 is 2.52 bits per heavy atom. The fourth-order valence-corrected chi connectivity index (χ4v) is 3.38. The molecule has 1 aromatic carbocycles. The van der Waals surface area contributed by atoms with E-state index in [2.05, 4.69) is 10.3 Å². The van der Waals surface area contributed by atoms with Gasteiger partial charge in [0.05, 0.1) is 23.3 Å². The molecule has 0 bridgehead atoms. The number of benzene rings is 1. The van der Waals surface area contributed by atoms with Gasteiger partial charge in [-0.3, -0.25) is 4.79 Å². The minimum Gasteiger partial charge on any atom is -0.484 e. The van der Waals surface area contributed by atoms with Gasteiger partial charge in [-0.1, -0.05) is 17.7 Å². The van der Waals surface area contributed by atoms with E-state index in [1.54, 1.807) is 0 Å². The molecule has 168 valence electrons. The molecule has 1 unspecified atom stereocenters. The van der Waals surface area contributed by atoms with Gasteiger partial charge in [-0.15, -0.1) is 0 Å². The second-order valence-electron chi connectivity index (χ2n) is 7.62. The molecule has 2 N–H and O–H groups in total. The minimum atomic E-state index is -4.54. The van der Waals surface area contributed by atoms with Crippen LogP contribution in [0.4, 0.5) is 22.0 Å². The number of aliphatic hydroxyl groups is 1. The second kappa shape index (κ2) is 8.23. The zero-order valence-corrected chi connectivity index (χ0v) is 16.9. The van der Waals surface area contributed by atoms with Crippen molar-refractivity contribution in [3.8, 4) is 5.75 Å². The van der Waals surface area contributed by atoms with Gasteiger partial charge in [0.25, 0.3) is 0 Å². The third-order valence-electron chi connectivity index (χ3n) is 4.81. The Bertz CT molecular complexity index is 993. The van der Waals surface area contributed by atoms with Crippen LogP contribution in [0.1, 0.15) is 37.4 Å². The number of rotatable bonds is 7. The zero-order valence-electron chi connectivity index (χ0n) is 16.2. The topological polar surface area (TPSA) is 71.5 Å². The fraction of sp³-hybridized carbons (Fsp3) is 0.400. The number of halogens is 6. The summed E-state index contributed by atoms with van der Waals surface area (Å²) in [6.07, 6.45) is -4.23. The zero-order chi connectivity index (χ0) is 23.0. The molecule has 1 aliphatic rings. The van der Waals surface area contributed by atoms with E-state index in [0.29, 0.717) is 18.9 Å². The van der Waals surface area contributed by atoms with Crippen LogP contribution in [-0.2, 0) is 15.9 Å². The summed E-state index contributed by atoms with van der Waals surface area (Å²) >= 11 is 5.89. The number of nitrogens with one attached hydrogen (secondary N) is 1. The van der Waals surface area contributed by atoms with E-state index in [1.165, 1.54) is 13.0 Å². The number of nitrogens with zero attached hydrogens (tertiary/aromatic N) is 1. The van der Waals surface area contributed by atoms with Crippen molar-refractivity contribution in [2.24, 2.45) is 0 Å². The Labute approximate surface area is 179 Å². The van der Waals surface area contributed by atoms with Gasteiger partial charge in [-0.25, -0.2) is 13.8 Å². The molecular weight excluding hydrogens is 447 g/mol. The van der Waals surface area contributed by atoms with Gasteiger partial charge in [0.2, 0.25) is 5.91 Å². The summed E-state index contributed by atoms with van der Waals surface area (Å²) in [6, 6.07) is 4.99. The molecule has 1 amide bonds. The molecule has 0 aliphatic heterocycles. The lowest BCUT2D eigenvalue weighted by Crippen LogP contribution is -2.39. The third-order valence-corrected chi connectivity index (χ3v) is 5.00. The van der Waals surface area contributed by atoms with Crippen molar-refractivity contribution in [2.45, 2.75) is 43.5 Å². The molecule has 0 radical (unpaired) electrons. The predicted octanol–water partition coefficient (Wildman–Crippen LogP) is 4.36. The van der Waals surface area contributed by atoms with Crippen LogP contribution >= 0.6 is 11.6 Å². The van der Waals surface area contributed by atoms with Crippen LogP contribution in [0.2, 0.25) is 5.15 Å². The summed E-state index contributed by atoms with van der Waals surface area (Å²) in [6.45, 7) is -0.304. The van der Waals surface area contributed by atoms with E-state index >= 15 is 0 Å². The Morgan fingerprint density at radius 1 is 1.26 bits per heavy atom. The Morgan fingerprint density at radius 2 is 1.94 bits per heavy atom. The average molecular weight is 465 g/mol. The molecule has 0 spiro atoms. The number of carbonyl (C=O) groups excluding carboxylic acids is 1. The lowest BCUT2D eigenvalue weighted by atomic mass is 9.91. The lowest BCUT2D eigenvalue weighted by molar-refractivity contribution is -0.153. The highest BCUT2D eigenvalue weighted by atomic mass is 35.5. The predicted molar refractivity (Wildman–Crippen MR) is 100 cm³/mol. The highest BCUT2D eigenvalue weighted by Gasteiger charge is 2.48. The highest BCUT2D eigenvalue weighted by Crippen LogP contribution is 2.46. The standard InChI is InChI=1S/C20H18ClF5N2O3/c1-18(30,13-3-2-11(22)6-14(13)23)9-17(29)28-19(4-5-19)15-7-12(8-16(21)27-15)31-10-20(24,25)26/h2-3,6-8,30H,4-5,9-10H2,1H3,(H,28,29). The molecular formula is C20H18ClF5N2O3. The second-order valence-corrected chi connectivity index (χ2v) is 8.01. The summed E-state index contributed by atoms with van der Waals surface area (Å²) in [4.78, 5) is 16.6. The maximum absolute atomic E-state index is 14.0.